The largest absolute Gasteiger partial charge is 0.478 e. The molecule has 2 heterocycles. The lowest BCUT2D eigenvalue weighted by molar-refractivity contribution is 0.0696. The third-order valence-electron chi connectivity index (χ3n) is 5.61. The Labute approximate surface area is 174 Å². The van der Waals surface area contributed by atoms with Crippen LogP contribution in [0.15, 0.2) is 42.6 Å². The lowest BCUT2D eigenvalue weighted by Crippen LogP contribution is -2.22. The van der Waals surface area contributed by atoms with Gasteiger partial charge in [0.1, 0.15) is 0 Å². The highest BCUT2D eigenvalue weighted by Gasteiger charge is 2.33. The summed E-state index contributed by atoms with van der Waals surface area (Å²) < 4.78 is 0. The first-order chi connectivity index (χ1) is 13.9. The summed E-state index contributed by atoms with van der Waals surface area (Å²) in [6.07, 6.45) is 4.56. The van der Waals surface area contributed by atoms with Crippen molar-refractivity contribution >= 4 is 17.3 Å². The third-order valence-corrected chi connectivity index (χ3v) is 6.94. The van der Waals surface area contributed by atoms with Gasteiger partial charge in [-0.1, -0.05) is 44.2 Å². The Balaban J connectivity index is 1.93. The molecule has 1 aromatic carbocycles. The molecule has 5 nitrogen and oxygen atoms in total. The number of hydrogen-bond donors (Lipinski definition) is 3. The molecule has 0 spiro atoms. The number of hydrazine groups is 1. The summed E-state index contributed by atoms with van der Waals surface area (Å²) >= 11 is 1.63. The Bertz CT molecular complexity index is 1070. The van der Waals surface area contributed by atoms with Crippen LogP contribution in [0.4, 0.5) is 0 Å². The predicted octanol–water partition coefficient (Wildman–Crippen LogP) is 4.65. The minimum atomic E-state index is -0.847. The number of pyridine rings is 1. The molecule has 29 heavy (non-hydrogen) atoms. The highest BCUT2D eigenvalue weighted by molar-refractivity contribution is 7.16. The number of hydrogen-bond acceptors (Lipinski definition) is 5. The Kier molecular flexibility index (Phi) is 5.25. The maximum atomic E-state index is 12.3. The fourth-order valence-corrected chi connectivity index (χ4v) is 5.52. The van der Waals surface area contributed by atoms with Gasteiger partial charge in [-0.3, -0.25) is 16.3 Å². The lowest BCUT2D eigenvalue weighted by Gasteiger charge is -2.29. The van der Waals surface area contributed by atoms with Crippen LogP contribution in [0.25, 0.3) is 21.6 Å². The van der Waals surface area contributed by atoms with Crippen LogP contribution < -0.4 is 11.3 Å². The van der Waals surface area contributed by atoms with E-state index < -0.39 is 5.97 Å². The molecule has 0 fully saturated rings. The van der Waals surface area contributed by atoms with Crippen molar-refractivity contribution in [3.05, 3.63) is 64.3 Å². The van der Waals surface area contributed by atoms with E-state index in [-0.39, 0.29) is 5.41 Å². The Morgan fingerprint density at radius 1 is 1.21 bits per heavy atom. The van der Waals surface area contributed by atoms with Gasteiger partial charge in [-0.2, -0.15) is 0 Å². The summed E-state index contributed by atoms with van der Waals surface area (Å²) in [6.45, 7) is 4.87. The first-order valence-corrected chi connectivity index (χ1v) is 10.6. The molecule has 1 aliphatic carbocycles. The number of benzene rings is 1. The minimum Gasteiger partial charge on any atom is -0.478 e. The second-order valence-electron chi connectivity index (χ2n) is 8.28. The molecule has 1 aliphatic rings. The van der Waals surface area contributed by atoms with Gasteiger partial charge < -0.3 is 5.11 Å². The molecule has 150 valence electrons. The molecule has 0 radical (unpaired) electrons. The van der Waals surface area contributed by atoms with Crippen molar-refractivity contribution < 1.29 is 9.90 Å². The zero-order valence-electron chi connectivity index (χ0n) is 16.7. The number of aromatic carboxylic acids is 1. The normalized spacial score (nSPS) is 15.1. The van der Waals surface area contributed by atoms with E-state index in [1.165, 1.54) is 4.88 Å². The number of aromatic nitrogens is 1. The first-order valence-electron chi connectivity index (χ1n) is 9.76. The van der Waals surface area contributed by atoms with Crippen molar-refractivity contribution in [2.75, 3.05) is 0 Å². The lowest BCUT2D eigenvalue weighted by atomic mass is 9.75. The van der Waals surface area contributed by atoms with Crippen LogP contribution in [-0.2, 0) is 19.4 Å². The smallest absolute Gasteiger partial charge is 0.337 e. The molecule has 0 saturated heterocycles. The Morgan fingerprint density at radius 2 is 1.93 bits per heavy atom. The van der Waals surface area contributed by atoms with Crippen LogP contribution in [0.1, 0.15) is 46.8 Å². The standard InChI is InChI=1S/C23H25N3O2S/c1-23(2)10-9-19-17(12-23)20(22(27)28)21(29-19)16-7-4-3-6-14(16)15-8-5-11-25-18(15)13-26-24/h3-8,11,26H,9-10,12-13,24H2,1-2H3,(H,27,28). The molecule has 4 rings (SSSR count). The van der Waals surface area contributed by atoms with E-state index in [1.807, 2.05) is 36.4 Å². The van der Waals surface area contributed by atoms with Crippen LogP contribution in [0, 0.1) is 5.41 Å². The molecular formula is C23H25N3O2S. The number of nitrogens with two attached hydrogens (primary N) is 1. The number of aryl methyl sites for hydroxylation is 1. The van der Waals surface area contributed by atoms with Crippen LogP contribution in [0.5, 0.6) is 0 Å². The maximum Gasteiger partial charge on any atom is 0.337 e. The molecule has 4 N–H and O–H groups in total. The average Bonchev–Trinajstić information content (AvgIpc) is 3.06. The highest BCUT2D eigenvalue weighted by Crippen LogP contribution is 2.47. The van der Waals surface area contributed by atoms with E-state index in [9.17, 15) is 9.90 Å². The van der Waals surface area contributed by atoms with Crippen molar-refractivity contribution in [3.8, 4) is 21.6 Å². The van der Waals surface area contributed by atoms with Crippen molar-refractivity contribution in [2.45, 2.75) is 39.7 Å². The van der Waals surface area contributed by atoms with Gasteiger partial charge in [0.05, 0.1) is 17.8 Å². The molecule has 3 aromatic rings. The number of nitrogens with one attached hydrogen (secondary N) is 1. The van der Waals surface area contributed by atoms with Gasteiger partial charge in [0.2, 0.25) is 0 Å². The van der Waals surface area contributed by atoms with E-state index >= 15 is 0 Å². The van der Waals surface area contributed by atoms with Crippen molar-refractivity contribution in [2.24, 2.45) is 11.3 Å². The number of carboxylic acid groups (broad SMARTS) is 1. The molecule has 0 saturated carbocycles. The van der Waals surface area contributed by atoms with Crippen molar-refractivity contribution in [3.63, 3.8) is 0 Å². The molecule has 0 unspecified atom stereocenters. The van der Waals surface area contributed by atoms with Crippen molar-refractivity contribution in [1.29, 1.82) is 0 Å². The summed E-state index contributed by atoms with van der Waals surface area (Å²) in [5, 5.41) is 10.1. The van der Waals surface area contributed by atoms with Crippen LogP contribution in [-0.4, -0.2) is 16.1 Å². The highest BCUT2D eigenvalue weighted by atomic mass is 32.1. The second kappa shape index (κ2) is 7.71. The van der Waals surface area contributed by atoms with E-state index in [1.54, 1.807) is 17.5 Å². The molecule has 2 aromatic heterocycles. The second-order valence-corrected chi connectivity index (χ2v) is 9.38. The number of carboxylic acids is 1. The summed E-state index contributed by atoms with van der Waals surface area (Å²) in [7, 11) is 0. The summed E-state index contributed by atoms with van der Waals surface area (Å²) in [4.78, 5) is 18.8. The van der Waals surface area contributed by atoms with Gasteiger partial charge in [0, 0.05) is 27.1 Å². The van der Waals surface area contributed by atoms with Gasteiger partial charge in [-0.25, -0.2) is 4.79 Å². The van der Waals surface area contributed by atoms with Gasteiger partial charge in [-0.15, -0.1) is 11.3 Å². The third kappa shape index (κ3) is 3.71. The maximum absolute atomic E-state index is 12.3. The fourth-order valence-electron chi connectivity index (χ4n) is 4.17. The Hall–Kier alpha value is -2.54. The molecule has 0 amide bonds. The SMILES string of the molecule is CC1(C)CCc2sc(-c3ccccc3-c3cccnc3CNN)c(C(=O)O)c2C1. The van der Waals surface area contributed by atoms with Gasteiger partial charge >= 0.3 is 5.97 Å². The number of carbonyl (C=O) groups is 1. The molecular weight excluding hydrogens is 382 g/mol. The summed E-state index contributed by atoms with van der Waals surface area (Å²) in [5.41, 5.74) is 7.99. The van der Waals surface area contributed by atoms with E-state index in [4.69, 9.17) is 5.84 Å². The first kappa shape index (κ1) is 19.8. The van der Waals surface area contributed by atoms with Crippen LogP contribution >= 0.6 is 11.3 Å². The minimum absolute atomic E-state index is 0.123. The Morgan fingerprint density at radius 3 is 2.66 bits per heavy atom. The van der Waals surface area contributed by atoms with E-state index in [2.05, 4.69) is 24.3 Å². The average molecular weight is 408 g/mol. The molecule has 0 atom stereocenters. The molecule has 6 heteroatoms. The number of fused-ring (bicyclic) bond motifs is 1. The van der Waals surface area contributed by atoms with Crippen LogP contribution in [0.2, 0.25) is 0 Å². The predicted molar refractivity (Wildman–Crippen MR) is 117 cm³/mol. The summed E-state index contributed by atoms with van der Waals surface area (Å²) in [6, 6.07) is 11.9. The topological polar surface area (TPSA) is 88.2 Å². The van der Waals surface area contributed by atoms with Gasteiger partial charge in [0.15, 0.2) is 0 Å². The summed E-state index contributed by atoms with van der Waals surface area (Å²) in [5.74, 6) is 4.70. The zero-order chi connectivity index (χ0) is 20.6. The number of rotatable bonds is 5. The van der Waals surface area contributed by atoms with Crippen molar-refractivity contribution in [1.82, 2.24) is 10.4 Å². The van der Waals surface area contributed by atoms with E-state index in [0.29, 0.717) is 12.1 Å². The fraction of sp³-hybridized carbons (Fsp3) is 0.304. The van der Waals surface area contributed by atoms with Gasteiger partial charge in [-0.05, 0) is 41.9 Å². The zero-order valence-corrected chi connectivity index (χ0v) is 17.5. The molecule has 0 bridgehead atoms. The molecule has 0 aliphatic heterocycles. The number of thiophene rings is 1. The van der Waals surface area contributed by atoms with Crippen LogP contribution in [0.3, 0.4) is 0 Å². The van der Waals surface area contributed by atoms with E-state index in [0.717, 1.165) is 52.1 Å². The van der Waals surface area contributed by atoms with Gasteiger partial charge in [0.25, 0.3) is 0 Å². The number of nitrogens with zero attached hydrogens (tertiary/aromatic N) is 1. The monoisotopic (exact) mass is 407 g/mol. The quantitative estimate of drug-likeness (QED) is 0.423.